The zero-order chi connectivity index (χ0) is 13.3. The summed E-state index contributed by atoms with van der Waals surface area (Å²) in [5.41, 5.74) is 7.50. The van der Waals surface area contributed by atoms with Crippen LogP contribution in [0.5, 0.6) is 5.75 Å². The van der Waals surface area contributed by atoms with Gasteiger partial charge in [-0.1, -0.05) is 0 Å². The van der Waals surface area contributed by atoms with Crippen molar-refractivity contribution in [2.75, 3.05) is 13.7 Å². The lowest BCUT2D eigenvalue weighted by atomic mass is 10.1. The molecule has 0 amide bonds. The van der Waals surface area contributed by atoms with E-state index in [4.69, 9.17) is 10.5 Å². The number of rotatable bonds is 4. The monoisotopic (exact) mass is 284 g/mol. The topological polar surface area (TPSA) is 77.5 Å². The van der Waals surface area contributed by atoms with E-state index in [0.717, 1.165) is 16.5 Å². The molecule has 6 heteroatoms. The Balaban J connectivity index is 0.00000180. The predicted octanol–water partition coefficient (Wildman–Crippen LogP) is 1.81. The third-order valence-corrected chi connectivity index (χ3v) is 3.11. The quantitative estimate of drug-likeness (QED) is 0.897. The number of carboxylic acid groups (broad SMARTS) is 1. The molecule has 0 spiro atoms. The molecule has 0 radical (unpaired) electrons. The predicted molar refractivity (Wildman–Crippen MR) is 76.4 cm³/mol. The number of methoxy groups -OCH3 is 1. The van der Waals surface area contributed by atoms with Crippen LogP contribution >= 0.6 is 12.4 Å². The third-order valence-electron chi connectivity index (χ3n) is 3.11. The van der Waals surface area contributed by atoms with Crippen LogP contribution in [0.1, 0.15) is 16.1 Å². The smallest absolute Gasteiger partial charge is 0.352 e. The van der Waals surface area contributed by atoms with Gasteiger partial charge >= 0.3 is 5.97 Å². The number of halogens is 1. The van der Waals surface area contributed by atoms with Crippen LogP contribution in [0.3, 0.4) is 0 Å². The van der Waals surface area contributed by atoms with Gasteiger partial charge in [0.1, 0.15) is 11.4 Å². The van der Waals surface area contributed by atoms with E-state index in [-0.39, 0.29) is 12.4 Å². The fourth-order valence-electron chi connectivity index (χ4n) is 2.30. The van der Waals surface area contributed by atoms with Crippen LogP contribution in [0.4, 0.5) is 0 Å². The molecule has 0 fully saturated rings. The van der Waals surface area contributed by atoms with Crippen molar-refractivity contribution in [3.8, 4) is 5.75 Å². The number of nitrogens with zero attached hydrogens (tertiary/aromatic N) is 1. The van der Waals surface area contributed by atoms with E-state index in [9.17, 15) is 9.90 Å². The van der Waals surface area contributed by atoms with Crippen LogP contribution in [0.2, 0.25) is 0 Å². The molecule has 0 saturated carbocycles. The minimum Gasteiger partial charge on any atom is -0.497 e. The Morgan fingerprint density at radius 1 is 1.47 bits per heavy atom. The molecular formula is C13H17ClN2O3. The molecule has 2 rings (SSSR count). The highest BCUT2D eigenvalue weighted by atomic mass is 35.5. The van der Waals surface area contributed by atoms with Crippen molar-refractivity contribution in [1.29, 1.82) is 0 Å². The van der Waals surface area contributed by atoms with Crippen molar-refractivity contribution >= 4 is 29.3 Å². The Hall–Kier alpha value is -1.72. The number of aromatic carboxylic acids is 1. The lowest BCUT2D eigenvalue weighted by molar-refractivity contribution is 0.0686. The highest BCUT2D eigenvalue weighted by Gasteiger charge is 2.20. The Morgan fingerprint density at radius 2 is 2.16 bits per heavy atom. The maximum absolute atomic E-state index is 11.3. The van der Waals surface area contributed by atoms with E-state index >= 15 is 0 Å². The van der Waals surface area contributed by atoms with Crippen molar-refractivity contribution < 1.29 is 14.6 Å². The summed E-state index contributed by atoms with van der Waals surface area (Å²) in [5, 5.41) is 10.2. The molecule has 104 valence electrons. The number of carbonyl (C=O) groups is 1. The zero-order valence-corrected chi connectivity index (χ0v) is 11.7. The lowest BCUT2D eigenvalue weighted by Gasteiger charge is -2.01. The van der Waals surface area contributed by atoms with Gasteiger partial charge in [-0.25, -0.2) is 4.79 Å². The Kier molecular flexibility index (Phi) is 4.80. The number of ether oxygens (including phenoxy) is 1. The second kappa shape index (κ2) is 5.95. The second-order valence-corrected chi connectivity index (χ2v) is 4.11. The van der Waals surface area contributed by atoms with Crippen molar-refractivity contribution in [3.05, 3.63) is 29.5 Å². The average molecular weight is 285 g/mol. The summed E-state index contributed by atoms with van der Waals surface area (Å²) in [5.74, 6) is -0.223. The first kappa shape index (κ1) is 15.3. The molecule has 1 aromatic carbocycles. The van der Waals surface area contributed by atoms with Crippen LogP contribution in [0.25, 0.3) is 10.9 Å². The van der Waals surface area contributed by atoms with Gasteiger partial charge < -0.3 is 20.1 Å². The second-order valence-electron chi connectivity index (χ2n) is 4.11. The van der Waals surface area contributed by atoms with Crippen LogP contribution in [0.15, 0.2) is 18.2 Å². The number of hydrogen-bond acceptors (Lipinski definition) is 3. The van der Waals surface area contributed by atoms with E-state index in [2.05, 4.69) is 0 Å². The van der Waals surface area contributed by atoms with Crippen molar-refractivity contribution in [2.45, 2.75) is 6.42 Å². The van der Waals surface area contributed by atoms with E-state index < -0.39 is 5.97 Å². The van der Waals surface area contributed by atoms with Gasteiger partial charge in [0.2, 0.25) is 0 Å². The van der Waals surface area contributed by atoms with Crippen molar-refractivity contribution in [1.82, 2.24) is 4.57 Å². The van der Waals surface area contributed by atoms with E-state index in [1.54, 1.807) is 18.7 Å². The molecular weight excluding hydrogens is 268 g/mol. The van der Waals surface area contributed by atoms with Gasteiger partial charge in [0.25, 0.3) is 0 Å². The summed E-state index contributed by atoms with van der Waals surface area (Å²) in [4.78, 5) is 11.3. The van der Waals surface area contributed by atoms with Crippen LogP contribution in [-0.2, 0) is 13.5 Å². The lowest BCUT2D eigenvalue weighted by Crippen LogP contribution is -2.10. The molecule has 19 heavy (non-hydrogen) atoms. The molecule has 0 bridgehead atoms. The van der Waals surface area contributed by atoms with Gasteiger partial charge in [-0.05, 0) is 36.7 Å². The van der Waals surface area contributed by atoms with Crippen LogP contribution < -0.4 is 10.5 Å². The minimum atomic E-state index is -0.934. The number of aromatic nitrogens is 1. The highest BCUT2D eigenvalue weighted by Crippen LogP contribution is 2.29. The molecule has 0 atom stereocenters. The summed E-state index contributed by atoms with van der Waals surface area (Å²) in [6, 6.07) is 5.54. The largest absolute Gasteiger partial charge is 0.497 e. The maximum atomic E-state index is 11.3. The summed E-state index contributed by atoms with van der Waals surface area (Å²) in [6.45, 7) is 0.413. The van der Waals surface area contributed by atoms with Crippen molar-refractivity contribution in [3.63, 3.8) is 0 Å². The summed E-state index contributed by atoms with van der Waals surface area (Å²) in [6.07, 6.45) is 0.534. The zero-order valence-electron chi connectivity index (χ0n) is 10.8. The van der Waals surface area contributed by atoms with E-state index in [1.807, 2.05) is 18.2 Å². The van der Waals surface area contributed by atoms with E-state index in [1.165, 1.54) is 0 Å². The summed E-state index contributed by atoms with van der Waals surface area (Å²) < 4.78 is 6.86. The summed E-state index contributed by atoms with van der Waals surface area (Å²) >= 11 is 0. The van der Waals surface area contributed by atoms with Gasteiger partial charge in [-0.3, -0.25) is 0 Å². The summed E-state index contributed by atoms with van der Waals surface area (Å²) in [7, 11) is 3.34. The SMILES string of the molecule is COc1ccc2c(c1)c(CCN)c(C(=O)O)n2C.Cl. The first-order valence-corrected chi connectivity index (χ1v) is 5.68. The number of carboxylic acids is 1. The molecule has 0 unspecified atom stereocenters. The average Bonchev–Trinajstić information content (AvgIpc) is 2.63. The standard InChI is InChI=1S/C13H16N2O3.ClH/c1-15-11-4-3-8(18-2)7-10(11)9(5-6-14)12(15)13(16)17;/h3-4,7H,5-6,14H2,1-2H3,(H,16,17);1H. The van der Waals surface area contributed by atoms with Crippen LogP contribution in [0, 0.1) is 0 Å². The Labute approximate surface area is 117 Å². The molecule has 1 aromatic heterocycles. The maximum Gasteiger partial charge on any atom is 0.352 e. The number of nitrogens with two attached hydrogens (primary N) is 1. The molecule has 1 heterocycles. The Bertz CT molecular complexity index is 607. The molecule has 5 nitrogen and oxygen atoms in total. The van der Waals surface area contributed by atoms with E-state index in [0.29, 0.717) is 24.4 Å². The molecule has 0 aliphatic carbocycles. The number of aryl methyl sites for hydroxylation is 1. The molecule has 3 N–H and O–H groups in total. The fraction of sp³-hybridized carbons (Fsp3) is 0.308. The fourth-order valence-corrected chi connectivity index (χ4v) is 2.30. The first-order chi connectivity index (χ1) is 8.60. The number of benzene rings is 1. The van der Waals surface area contributed by atoms with Gasteiger partial charge in [-0.15, -0.1) is 12.4 Å². The van der Waals surface area contributed by atoms with Gasteiger partial charge in [0, 0.05) is 18.0 Å². The first-order valence-electron chi connectivity index (χ1n) is 5.68. The third kappa shape index (κ3) is 2.52. The minimum absolute atomic E-state index is 0. The number of fused-ring (bicyclic) bond motifs is 1. The van der Waals surface area contributed by atoms with Gasteiger partial charge in [0.05, 0.1) is 7.11 Å². The Morgan fingerprint density at radius 3 is 2.68 bits per heavy atom. The molecule has 0 aliphatic heterocycles. The highest BCUT2D eigenvalue weighted by molar-refractivity contribution is 5.98. The molecule has 2 aromatic rings. The van der Waals surface area contributed by atoms with Gasteiger partial charge in [0.15, 0.2) is 0 Å². The van der Waals surface area contributed by atoms with Gasteiger partial charge in [-0.2, -0.15) is 0 Å². The number of hydrogen-bond donors (Lipinski definition) is 2. The molecule has 0 saturated heterocycles. The molecule has 0 aliphatic rings. The van der Waals surface area contributed by atoms with Crippen molar-refractivity contribution in [2.24, 2.45) is 12.8 Å². The van der Waals surface area contributed by atoms with Crippen LogP contribution in [-0.4, -0.2) is 29.3 Å². The normalized spacial score (nSPS) is 10.3.